The van der Waals surface area contributed by atoms with Crippen LogP contribution in [-0.4, -0.2) is 44.1 Å². The summed E-state index contributed by atoms with van der Waals surface area (Å²) in [5.41, 5.74) is 0.442. The summed E-state index contributed by atoms with van der Waals surface area (Å²) in [6.07, 6.45) is 2.92. The summed E-state index contributed by atoms with van der Waals surface area (Å²) in [6, 6.07) is 5.62. The smallest absolute Gasteiger partial charge is 0.274 e. The third kappa shape index (κ3) is 5.20. The Balaban J connectivity index is 1.80. The summed E-state index contributed by atoms with van der Waals surface area (Å²) < 4.78 is 13.0. The van der Waals surface area contributed by atoms with Gasteiger partial charge in [-0.05, 0) is 43.0 Å². The molecule has 8 heteroatoms. The van der Waals surface area contributed by atoms with Crippen molar-refractivity contribution in [2.24, 2.45) is 5.92 Å². The largest absolute Gasteiger partial charge is 0.501 e. The fourth-order valence-corrected chi connectivity index (χ4v) is 3.61. The molecule has 1 aliphatic rings. The lowest BCUT2D eigenvalue weighted by Gasteiger charge is -2.35. The number of amides is 1. The number of nitrogens with zero attached hydrogens (tertiary/aromatic N) is 3. The van der Waals surface area contributed by atoms with Gasteiger partial charge in [-0.15, -0.1) is 0 Å². The molecule has 0 aliphatic carbocycles. The fraction of sp³-hybridized carbons (Fsp3) is 0.476. The van der Waals surface area contributed by atoms with E-state index in [4.69, 9.17) is 0 Å². The molecule has 0 spiro atoms. The van der Waals surface area contributed by atoms with Crippen LogP contribution in [0.2, 0.25) is 0 Å². The zero-order chi connectivity index (χ0) is 21.0. The Hall–Kier alpha value is -2.74. The van der Waals surface area contributed by atoms with Crippen LogP contribution in [0.3, 0.4) is 0 Å². The summed E-state index contributed by atoms with van der Waals surface area (Å²) >= 11 is 0. The van der Waals surface area contributed by atoms with Crippen molar-refractivity contribution < 1.29 is 19.4 Å². The number of likely N-dealkylation sites (tertiary alicyclic amines) is 1. The van der Waals surface area contributed by atoms with E-state index < -0.39 is 17.5 Å². The highest BCUT2D eigenvalue weighted by molar-refractivity contribution is 5.95. The molecule has 3 N–H and O–H groups in total. The van der Waals surface area contributed by atoms with Crippen LogP contribution >= 0.6 is 0 Å². The summed E-state index contributed by atoms with van der Waals surface area (Å²) in [4.78, 5) is 23.2. The second kappa shape index (κ2) is 9.17. The molecule has 0 radical (unpaired) electrons. The molecule has 1 fully saturated rings. The number of piperidine rings is 1. The highest BCUT2D eigenvalue weighted by Gasteiger charge is 2.29. The maximum absolute atomic E-state index is 13.0. The predicted octanol–water partition coefficient (Wildman–Crippen LogP) is 3.14. The minimum Gasteiger partial charge on any atom is -0.501 e. The predicted molar refractivity (Wildman–Crippen MR) is 106 cm³/mol. The Morgan fingerprint density at radius 1 is 1.24 bits per heavy atom. The molecule has 3 rings (SSSR count). The van der Waals surface area contributed by atoms with Gasteiger partial charge in [-0.3, -0.25) is 9.69 Å². The van der Waals surface area contributed by atoms with Crippen LogP contribution in [0.25, 0.3) is 0 Å². The third-order valence-electron chi connectivity index (χ3n) is 4.98. The van der Waals surface area contributed by atoms with Gasteiger partial charge in [-0.2, -0.15) is 4.98 Å². The van der Waals surface area contributed by atoms with Gasteiger partial charge in [-0.1, -0.05) is 32.4 Å². The molecule has 29 heavy (non-hydrogen) atoms. The standard InChI is InChI=1S/C21H27FN4O3/c1-13(2)12-26-10-4-3-5-16(26)19-24-17(18(27)21(29)25-19)20(28)23-11-14-6-8-15(22)9-7-14/h6-9,13,16,27H,3-5,10-12H2,1-2H3,(H,23,28)(H,24,25,29). The van der Waals surface area contributed by atoms with Crippen LogP contribution in [0, 0.1) is 11.7 Å². The van der Waals surface area contributed by atoms with E-state index >= 15 is 0 Å². The first-order valence-corrected chi connectivity index (χ1v) is 9.91. The summed E-state index contributed by atoms with van der Waals surface area (Å²) in [6.45, 7) is 6.17. The fourth-order valence-electron chi connectivity index (χ4n) is 3.61. The van der Waals surface area contributed by atoms with E-state index in [1.807, 2.05) is 0 Å². The zero-order valence-electron chi connectivity index (χ0n) is 16.7. The van der Waals surface area contributed by atoms with E-state index in [2.05, 4.69) is 34.0 Å². The van der Waals surface area contributed by atoms with Gasteiger partial charge < -0.3 is 15.5 Å². The van der Waals surface area contributed by atoms with E-state index in [1.54, 1.807) is 12.1 Å². The van der Waals surface area contributed by atoms with Gasteiger partial charge in [0, 0.05) is 13.1 Å². The van der Waals surface area contributed by atoms with Crippen LogP contribution < -0.4 is 5.32 Å². The van der Waals surface area contributed by atoms with Crippen molar-refractivity contribution in [3.8, 4) is 11.6 Å². The number of carbonyl (C=O) groups excluding carboxylic acids is 1. The quantitative estimate of drug-likeness (QED) is 0.687. The Labute approximate surface area is 169 Å². The molecule has 0 saturated carbocycles. The monoisotopic (exact) mass is 402 g/mol. The van der Waals surface area contributed by atoms with Crippen molar-refractivity contribution in [3.63, 3.8) is 0 Å². The lowest BCUT2D eigenvalue weighted by Crippen LogP contribution is -2.37. The van der Waals surface area contributed by atoms with Crippen molar-refractivity contribution in [1.29, 1.82) is 0 Å². The first kappa shape index (κ1) is 21.0. The van der Waals surface area contributed by atoms with Gasteiger partial charge >= 0.3 is 0 Å². The molecule has 1 saturated heterocycles. The zero-order valence-corrected chi connectivity index (χ0v) is 16.7. The summed E-state index contributed by atoms with van der Waals surface area (Å²) in [7, 11) is 0. The number of aromatic hydroxyl groups is 2. The van der Waals surface area contributed by atoms with Gasteiger partial charge in [0.05, 0.1) is 6.04 Å². The van der Waals surface area contributed by atoms with E-state index in [0.717, 1.165) is 32.4 Å². The van der Waals surface area contributed by atoms with Gasteiger partial charge in [0.1, 0.15) is 5.82 Å². The van der Waals surface area contributed by atoms with Gasteiger partial charge in [0.15, 0.2) is 11.5 Å². The van der Waals surface area contributed by atoms with Crippen LogP contribution in [0.5, 0.6) is 11.6 Å². The number of halogens is 1. The van der Waals surface area contributed by atoms with Crippen molar-refractivity contribution in [3.05, 3.63) is 47.2 Å². The normalized spacial score (nSPS) is 17.4. The van der Waals surface area contributed by atoms with Crippen LogP contribution in [0.1, 0.15) is 61.0 Å². The molecule has 1 aromatic heterocycles. The molecule has 1 aliphatic heterocycles. The number of benzene rings is 1. The third-order valence-corrected chi connectivity index (χ3v) is 4.98. The second-order valence-corrected chi connectivity index (χ2v) is 7.81. The maximum atomic E-state index is 13.0. The molecule has 2 aromatic rings. The van der Waals surface area contributed by atoms with Crippen molar-refractivity contribution in [1.82, 2.24) is 20.2 Å². The number of aromatic nitrogens is 2. The molecule has 0 bridgehead atoms. The molecule has 156 valence electrons. The lowest BCUT2D eigenvalue weighted by molar-refractivity contribution is 0.0937. The van der Waals surface area contributed by atoms with Crippen molar-refractivity contribution in [2.75, 3.05) is 13.1 Å². The first-order valence-electron chi connectivity index (χ1n) is 9.91. The number of rotatable bonds is 6. The Morgan fingerprint density at radius 3 is 2.66 bits per heavy atom. The highest BCUT2D eigenvalue weighted by Crippen LogP contribution is 2.33. The average Bonchev–Trinajstić information content (AvgIpc) is 2.69. The Kier molecular flexibility index (Phi) is 6.64. The van der Waals surface area contributed by atoms with Crippen LogP contribution in [0.4, 0.5) is 4.39 Å². The van der Waals surface area contributed by atoms with Gasteiger partial charge in [-0.25, -0.2) is 9.37 Å². The first-order chi connectivity index (χ1) is 13.8. The lowest BCUT2D eigenvalue weighted by atomic mass is 9.99. The molecular formula is C21H27FN4O3. The van der Waals surface area contributed by atoms with Gasteiger partial charge in [0.2, 0.25) is 5.75 Å². The molecule has 1 amide bonds. The molecule has 2 heterocycles. The number of hydrogen-bond donors (Lipinski definition) is 3. The molecular weight excluding hydrogens is 375 g/mol. The van der Waals surface area contributed by atoms with E-state index in [-0.39, 0.29) is 24.1 Å². The Bertz CT molecular complexity index is 858. The number of nitrogens with one attached hydrogen (secondary N) is 1. The van der Waals surface area contributed by atoms with Crippen molar-refractivity contribution >= 4 is 5.91 Å². The topological polar surface area (TPSA) is 98.6 Å². The van der Waals surface area contributed by atoms with Crippen LogP contribution in [0.15, 0.2) is 24.3 Å². The summed E-state index contributed by atoms with van der Waals surface area (Å²) in [5.74, 6) is -1.43. The SMILES string of the molecule is CC(C)CN1CCCCC1c1nc(O)c(O)c(C(=O)NCc2ccc(F)cc2)n1. The molecule has 1 unspecified atom stereocenters. The highest BCUT2D eigenvalue weighted by atomic mass is 19.1. The molecule has 1 aromatic carbocycles. The van der Waals surface area contributed by atoms with Crippen molar-refractivity contribution in [2.45, 2.75) is 45.7 Å². The van der Waals surface area contributed by atoms with Gasteiger partial charge in [0.25, 0.3) is 11.8 Å². The molecule has 7 nitrogen and oxygen atoms in total. The van der Waals surface area contributed by atoms with E-state index in [1.165, 1.54) is 12.1 Å². The number of carbonyl (C=O) groups is 1. The molecule has 1 atom stereocenters. The average molecular weight is 402 g/mol. The van der Waals surface area contributed by atoms with E-state index in [0.29, 0.717) is 17.3 Å². The minimum atomic E-state index is -0.642. The Morgan fingerprint density at radius 2 is 1.97 bits per heavy atom. The summed E-state index contributed by atoms with van der Waals surface area (Å²) in [5, 5.41) is 22.9. The number of hydrogen-bond acceptors (Lipinski definition) is 6. The maximum Gasteiger partial charge on any atom is 0.274 e. The van der Waals surface area contributed by atoms with E-state index in [9.17, 15) is 19.4 Å². The second-order valence-electron chi connectivity index (χ2n) is 7.81. The minimum absolute atomic E-state index is 0.110. The van der Waals surface area contributed by atoms with Crippen LogP contribution in [-0.2, 0) is 6.54 Å².